The summed E-state index contributed by atoms with van der Waals surface area (Å²) in [6, 6.07) is 17.2. The van der Waals surface area contributed by atoms with Crippen molar-refractivity contribution >= 4 is 28.2 Å². The molecule has 20 heavy (non-hydrogen) atoms. The highest BCUT2D eigenvalue weighted by Crippen LogP contribution is 2.25. The normalized spacial score (nSPS) is 10.4. The van der Waals surface area contributed by atoms with Gasteiger partial charge in [-0.05, 0) is 23.6 Å². The van der Waals surface area contributed by atoms with E-state index >= 15 is 0 Å². The Hall–Kier alpha value is -2.88. The number of anilines is 2. The number of nitrogens with one attached hydrogen (secondary N) is 1. The minimum absolute atomic E-state index is 0.175. The van der Waals surface area contributed by atoms with E-state index in [2.05, 4.69) is 10.3 Å². The van der Waals surface area contributed by atoms with Gasteiger partial charge in [0.15, 0.2) is 0 Å². The zero-order chi connectivity index (χ0) is 13.9. The molecule has 0 spiro atoms. The van der Waals surface area contributed by atoms with Gasteiger partial charge < -0.3 is 10.4 Å². The highest BCUT2D eigenvalue weighted by Gasteiger charge is 2.04. The number of aromatic nitrogens is 1. The minimum atomic E-state index is -0.978. The molecule has 0 amide bonds. The molecule has 1 heterocycles. The zero-order valence-corrected chi connectivity index (χ0v) is 10.6. The molecular weight excluding hydrogens is 252 g/mol. The number of benzene rings is 2. The van der Waals surface area contributed by atoms with Gasteiger partial charge in [0.1, 0.15) is 5.82 Å². The maximum atomic E-state index is 10.8. The molecule has 3 rings (SSSR count). The van der Waals surface area contributed by atoms with E-state index < -0.39 is 5.97 Å². The largest absolute Gasteiger partial charge is 0.478 e. The fourth-order valence-corrected chi connectivity index (χ4v) is 2.07. The van der Waals surface area contributed by atoms with Crippen molar-refractivity contribution < 1.29 is 9.90 Å². The molecule has 0 saturated heterocycles. The molecule has 0 radical (unpaired) electrons. The number of fused-ring (bicyclic) bond motifs is 1. The first-order valence-electron chi connectivity index (χ1n) is 6.18. The van der Waals surface area contributed by atoms with Gasteiger partial charge >= 0.3 is 5.97 Å². The Morgan fingerprint density at radius 2 is 1.80 bits per heavy atom. The fraction of sp³-hybridized carbons (Fsp3) is 0. The van der Waals surface area contributed by atoms with E-state index in [-0.39, 0.29) is 5.56 Å². The second-order valence-electron chi connectivity index (χ2n) is 4.39. The summed E-state index contributed by atoms with van der Waals surface area (Å²) in [6.07, 6.45) is 1.34. The first kappa shape index (κ1) is 12.2. The highest BCUT2D eigenvalue weighted by molar-refractivity contribution is 5.95. The Morgan fingerprint density at radius 3 is 2.55 bits per heavy atom. The SMILES string of the molecule is O=C(O)c1ccc(Nc2cccc3ccccc23)nc1. The van der Waals surface area contributed by atoms with E-state index in [4.69, 9.17) is 5.11 Å². The van der Waals surface area contributed by atoms with Crippen LogP contribution >= 0.6 is 0 Å². The van der Waals surface area contributed by atoms with Gasteiger partial charge in [0, 0.05) is 17.3 Å². The Morgan fingerprint density at radius 1 is 1.00 bits per heavy atom. The molecule has 0 unspecified atom stereocenters. The average Bonchev–Trinajstić information content (AvgIpc) is 2.48. The van der Waals surface area contributed by atoms with Gasteiger partial charge in [0.2, 0.25) is 0 Å². The third kappa shape index (κ3) is 2.31. The Labute approximate surface area is 115 Å². The Balaban J connectivity index is 1.95. The van der Waals surface area contributed by atoms with E-state index in [0.29, 0.717) is 5.82 Å². The third-order valence-electron chi connectivity index (χ3n) is 3.06. The van der Waals surface area contributed by atoms with Crippen molar-refractivity contribution in [2.45, 2.75) is 0 Å². The molecule has 4 nitrogen and oxygen atoms in total. The lowest BCUT2D eigenvalue weighted by Gasteiger charge is -2.09. The number of rotatable bonds is 3. The first-order valence-corrected chi connectivity index (χ1v) is 6.18. The first-order chi connectivity index (χ1) is 9.74. The van der Waals surface area contributed by atoms with E-state index in [1.165, 1.54) is 12.3 Å². The second-order valence-corrected chi connectivity index (χ2v) is 4.39. The number of pyridine rings is 1. The van der Waals surface area contributed by atoms with Gasteiger partial charge in [-0.1, -0.05) is 36.4 Å². The molecule has 0 bridgehead atoms. The van der Waals surface area contributed by atoms with Crippen molar-refractivity contribution in [2.24, 2.45) is 0 Å². The maximum Gasteiger partial charge on any atom is 0.337 e. The van der Waals surface area contributed by atoms with Crippen LogP contribution in [0.4, 0.5) is 11.5 Å². The van der Waals surface area contributed by atoms with Crippen molar-refractivity contribution in [2.75, 3.05) is 5.32 Å². The molecule has 2 N–H and O–H groups in total. The molecular formula is C16H12N2O2. The van der Waals surface area contributed by atoms with Crippen LogP contribution in [0.5, 0.6) is 0 Å². The van der Waals surface area contributed by atoms with Gasteiger partial charge in [-0.3, -0.25) is 0 Å². The standard InChI is InChI=1S/C16H12N2O2/c19-16(20)12-8-9-15(17-10-12)18-14-7-3-5-11-4-1-2-6-13(11)14/h1-10H,(H,17,18)(H,19,20). The zero-order valence-electron chi connectivity index (χ0n) is 10.6. The predicted molar refractivity (Wildman–Crippen MR) is 78.4 cm³/mol. The third-order valence-corrected chi connectivity index (χ3v) is 3.06. The van der Waals surface area contributed by atoms with Gasteiger partial charge in [-0.15, -0.1) is 0 Å². The number of aromatic carboxylic acids is 1. The fourth-order valence-electron chi connectivity index (χ4n) is 2.07. The topological polar surface area (TPSA) is 62.2 Å². The number of hydrogen-bond donors (Lipinski definition) is 2. The molecule has 2 aromatic carbocycles. The summed E-state index contributed by atoms with van der Waals surface area (Å²) in [4.78, 5) is 14.9. The van der Waals surface area contributed by atoms with Crippen LogP contribution in [-0.2, 0) is 0 Å². The van der Waals surface area contributed by atoms with E-state index in [9.17, 15) is 4.79 Å². The Kier molecular flexibility index (Phi) is 3.05. The number of carboxylic acid groups (broad SMARTS) is 1. The maximum absolute atomic E-state index is 10.8. The van der Waals surface area contributed by atoms with Crippen molar-refractivity contribution in [1.82, 2.24) is 4.98 Å². The molecule has 0 saturated carbocycles. The summed E-state index contributed by atoms with van der Waals surface area (Å²) in [7, 11) is 0. The molecule has 3 aromatic rings. The van der Waals surface area contributed by atoms with Crippen molar-refractivity contribution in [3.05, 3.63) is 66.4 Å². The van der Waals surface area contributed by atoms with Gasteiger partial charge in [-0.2, -0.15) is 0 Å². The smallest absolute Gasteiger partial charge is 0.337 e. The van der Waals surface area contributed by atoms with Gasteiger partial charge in [0.25, 0.3) is 0 Å². The lowest BCUT2D eigenvalue weighted by atomic mass is 10.1. The summed E-state index contributed by atoms with van der Waals surface area (Å²) in [5, 5.41) is 14.3. The van der Waals surface area contributed by atoms with Crippen LogP contribution in [0.25, 0.3) is 10.8 Å². The summed E-state index contributed by atoms with van der Waals surface area (Å²) in [6.45, 7) is 0. The molecule has 98 valence electrons. The quantitative estimate of drug-likeness (QED) is 0.757. The van der Waals surface area contributed by atoms with Crippen molar-refractivity contribution in [1.29, 1.82) is 0 Å². The van der Waals surface area contributed by atoms with Crippen molar-refractivity contribution in [3.8, 4) is 0 Å². The Bertz CT molecular complexity index is 762. The average molecular weight is 264 g/mol. The van der Waals surface area contributed by atoms with E-state index in [1.807, 2.05) is 42.5 Å². The van der Waals surface area contributed by atoms with Gasteiger partial charge in [0.05, 0.1) is 5.56 Å². The summed E-state index contributed by atoms with van der Waals surface area (Å²) in [5.41, 5.74) is 1.12. The van der Waals surface area contributed by atoms with Crippen LogP contribution in [0.2, 0.25) is 0 Å². The van der Waals surface area contributed by atoms with Crippen LogP contribution in [0.15, 0.2) is 60.8 Å². The lowest BCUT2D eigenvalue weighted by Crippen LogP contribution is -1.99. The number of nitrogens with zero attached hydrogens (tertiary/aromatic N) is 1. The van der Waals surface area contributed by atoms with Crippen LogP contribution in [-0.4, -0.2) is 16.1 Å². The summed E-state index contributed by atoms with van der Waals surface area (Å²) >= 11 is 0. The molecule has 0 atom stereocenters. The molecule has 0 aliphatic carbocycles. The number of hydrogen-bond acceptors (Lipinski definition) is 3. The molecule has 0 fully saturated rings. The van der Waals surface area contributed by atoms with Gasteiger partial charge in [-0.25, -0.2) is 9.78 Å². The van der Waals surface area contributed by atoms with Crippen LogP contribution in [0, 0.1) is 0 Å². The molecule has 4 heteroatoms. The predicted octanol–water partition coefficient (Wildman–Crippen LogP) is 3.68. The summed E-state index contributed by atoms with van der Waals surface area (Å²) in [5.74, 6) is -0.361. The van der Waals surface area contributed by atoms with Crippen LogP contribution < -0.4 is 5.32 Å². The minimum Gasteiger partial charge on any atom is -0.478 e. The monoisotopic (exact) mass is 264 g/mol. The van der Waals surface area contributed by atoms with Crippen LogP contribution in [0.3, 0.4) is 0 Å². The molecule has 1 aromatic heterocycles. The summed E-state index contributed by atoms with van der Waals surface area (Å²) < 4.78 is 0. The van der Waals surface area contributed by atoms with Crippen molar-refractivity contribution in [3.63, 3.8) is 0 Å². The highest BCUT2D eigenvalue weighted by atomic mass is 16.4. The molecule has 0 aliphatic rings. The van der Waals surface area contributed by atoms with E-state index in [0.717, 1.165) is 16.5 Å². The van der Waals surface area contributed by atoms with E-state index in [1.54, 1.807) is 6.07 Å². The molecule has 0 aliphatic heterocycles. The second kappa shape index (κ2) is 5.01. The number of carboxylic acids is 1. The van der Waals surface area contributed by atoms with Crippen LogP contribution in [0.1, 0.15) is 10.4 Å². The lowest BCUT2D eigenvalue weighted by molar-refractivity contribution is 0.0696. The number of carbonyl (C=O) groups is 1.